The third-order valence-corrected chi connectivity index (χ3v) is 10.6. The zero-order valence-corrected chi connectivity index (χ0v) is 45.4. The second-order valence-electron chi connectivity index (χ2n) is 15.7. The lowest BCUT2D eigenvalue weighted by molar-refractivity contribution is -0.385. The first-order chi connectivity index (χ1) is 33.8. The molecule has 2 atom stereocenters. The van der Waals surface area contributed by atoms with Crippen LogP contribution < -0.4 is 19.8 Å². The maximum absolute atomic E-state index is 12.6. The monoisotopic (exact) mass is 1150 g/mol. The molecule has 1 saturated heterocycles. The van der Waals surface area contributed by atoms with Crippen molar-refractivity contribution in [3.8, 4) is 11.5 Å². The van der Waals surface area contributed by atoms with E-state index in [0.29, 0.717) is 29.3 Å². The summed E-state index contributed by atoms with van der Waals surface area (Å²) in [4.78, 5) is 74.5. The van der Waals surface area contributed by atoms with Gasteiger partial charge in [0, 0.05) is 19.2 Å². The fourth-order valence-electron chi connectivity index (χ4n) is 6.05. The summed E-state index contributed by atoms with van der Waals surface area (Å²) in [5.74, 6) is -2.84. The van der Waals surface area contributed by atoms with E-state index in [4.69, 9.17) is 80.1 Å². The van der Waals surface area contributed by atoms with E-state index in [0.717, 1.165) is 60.0 Å². The number of aliphatic carboxylic acids is 1. The Morgan fingerprint density at radius 1 is 1.03 bits per heavy atom. The molecule has 0 bridgehead atoms. The molecule has 1 fully saturated rings. The Morgan fingerprint density at radius 3 is 2.04 bits per heavy atom. The molecule has 4 aromatic rings. The second-order valence-corrected chi connectivity index (χ2v) is 21.5. The molecule has 2 unspecified atom stereocenters. The number of hydrogen-bond acceptors (Lipinski definition) is 13. The molecule has 5 rings (SSSR count). The summed E-state index contributed by atoms with van der Waals surface area (Å²) >= 11 is 22.6. The van der Waals surface area contributed by atoms with Crippen LogP contribution in [0.15, 0.2) is 77.4 Å². The number of nitrogens with zero attached hydrogens (tertiary/aromatic N) is 3. The maximum Gasteiger partial charge on any atom is 0.416 e. The van der Waals surface area contributed by atoms with Crippen LogP contribution in [0, 0.1) is 10.1 Å². The number of carbonyl (C=O) groups is 4. The van der Waals surface area contributed by atoms with Gasteiger partial charge in [0.2, 0.25) is 5.91 Å². The number of para-hydroxylation sites is 1. The molecule has 73 heavy (non-hydrogen) atoms. The Bertz CT molecular complexity index is 2460. The molecule has 4 N–H and O–H groups in total. The van der Waals surface area contributed by atoms with Gasteiger partial charge in [-0.3, -0.25) is 34.7 Å². The van der Waals surface area contributed by atoms with Gasteiger partial charge < -0.3 is 48.1 Å². The van der Waals surface area contributed by atoms with Gasteiger partial charge in [-0.2, -0.15) is 13.2 Å². The molecule has 19 nitrogen and oxygen atoms in total. The van der Waals surface area contributed by atoms with E-state index in [1.54, 1.807) is 38.2 Å². The molecule has 0 saturated carbocycles. The normalized spacial score (nSPS) is 14.4. The number of ether oxygens (including phenoxy) is 3. The largest absolute Gasteiger partial charge is 0.778 e. The van der Waals surface area contributed by atoms with Crippen molar-refractivity contribution in [2.75, 3.05) is 62.8 Å². The smallest absolute Gasteiger partial charge is 0.416 e. The minimum absolute atomic E-state index is 0.0371. The number of nitro groups is 1. The minimum Gasteiger partial charge on any atom is -0.778 e. The number of amides is 2. The molecule has 1 aliphatic rings. The highest BCUT2D eigenvalue weighted by Gasteiger charge is 2.45. The Kier molecular flexibility index (Phi) is 28.4. The van der Waals surface area contributed by atoms with Gasteiger partial charge in [0.05, 0.1) is 65.6 Å². The summed E-state index contributed by atoms with van der Waals surface area (Å²) in [7, 11) is -2.13. The van der Waals surface area contributed by atoms with Crippen LogP contribution in [0.1, 0.15) is 66.6 Å². The molecule has 28 heteroatoms. The first kappa shape index (κ1) is 66.4. The molecule has 1 aromatic heterocycles. The molecule has 0 aliphatic carbocycles. The van der Waals surface area contributed by atoms with Crippen molar-refractivity contribution in [3.63, 3.8) is 0 Å². The minimum atomic E-state index is -4.58. The summed E-state index contributed by atoms with van der Waals surface area (Å²) in [5, 5.41) is 29.4. The number of anilines is 1. The highest BCUT2D eigenvalue weighted by atomic mass is 35.5. The van der Waals surface area contributed by atoms with Gasteiger partial charge in [-0.05, 0) is 85.1 Å². The van der Waals surface area contributed by atoms with Crippen molar-refractivity contribution in [2.45, 2.75) is 63.4 Å². The standard InChI is InChI=1S/C14H7ClF3NO5.C14H20ClNO2.C11H13Cl2NO3.C3H8NO5P.C3H9S/c15-10-5-7(14(16,17)18)1-4-12(10)24-8-2-3-11(19(22)23)9(6-8)13(20)21;1-4-11-7-6-8-12(5-2)14(11)16(10-18-3)13(17)9-15;1-11(2)14(10(15)9(12)13)6-8(17-11)7-4-3-5-16-7;5-3(6)1-4-2-10(7,8)9;1-4(2)3/h1-6H,(H,20,21);6-8H,4-5,9-10H2,1-3H3;3-5,8-9H,6H2,1-2H3;4H,1-2H2,(H,5,6)(H2,7,8,9);1-3H3/q;;;;+1/p-1. The number of carboxylic acids is 2. The summed E-state index contributed by atoms with van der Waals surface area (Å²) in [6, 6.07) is 15.0. The number of rotatable bonds is 16. The van der Waals surface area contributed by atoms with Gasteiger partial charge in [0.1, 0.15) is 54.9 Å². The van der Waals surface area contributed by atoms with E-state index in [1.165, 1.54) is 4.90 Å². The van der Waals surface area contributed by atoms with Crippen LogP contribution in [-0.2, 0) is 58.3 Å². The van der Waals surface area contributed by atoms with Gasteiger partial charge in [0.25, 0.3) is 11.6 Å². The van der Waals surface area contributed by atoms with E-state index in [-0.39, 0.29) is 47.1 Å². The lowest BCUT2D eigenvalue weighted by Crippen LogP contribution is -2.45. The fraction of sp³-hybridized carbons (Fsp3) is 0.422. The van der Waals surface area contributed by atoms with E-state index < -0.39 is 70.8 Å². The Balaban J connectivity index is 0.000000491. The number of benzene rings is 3. The lowest BCUT2D eigenvalue weighted by atomic mass is 10.0. The van der Waals surface area contributed by atoms with Crippen molar-refractivity contribution in [1.29, 1.82) is 0 Å². The van der Waals surface area contributed by atoms with Crippen LogP contribution in [0.5, 0.6) is 11.5 Å². The molecule has 406 valence electrons. The molecular formula is C45H56Cl4F3N4O15PS. The third kappa shape index (κ3) is 23.2. The second kappa shape index (κ2) is 31.3. The maximum atomic E-state index is 12.6. The first-order valence-electron chi connectivity index (χ1n) is 21.1. The van der Waals surface area contributed by atoms with E-state index in [9.17, 15) is 51.9 Å². The molecule has 1 aliphatic heterocycles. The zero-order chi connectivity index (χ0) is 56.0. The summed E-state index contributed by atoms with van der Waals surface area (Å²) in [6.07, 6.45) is 4.33. The molecule has 2 amide bonds. The molecule has 2 heterocycles. The van der Waals surface area contributed by atoms with Crippen molar-refractivity contribution >= 4 is 100 Å². The lowest BCUT2D eigenvalue weighted by Gasteiger charge is -2.29. The molecule has 3 aromatic carbocycles. The number of methoxy groups -OCH3 is 1. The predicted molar refractivity (Wildman–Crippen MR) is 271 cm³/mol. The van der Waals surface area contributed by atoms with Crippen molar-refractivity contribution in [2.24, 2.45) is 0 Å². The highest BCUT2D eigenvalue weighted by molar-refractivity contribution is 7.94. The average Bonchev–Trinajstić information content (AvgIpc) is 3.95. The van der Waals surface area contributed by atoms with Crippen molar-refractivity contribution in [1.82, 2.24) is 10.2 Å². The van der Waals surface area contributed by atoms with Crippen LogP contribution in [-0.4, -0.2) is 117 Å². The number of furan rings is 1. The van der Waals surface area contributed by atoms with E-state index in [2.05, 4.69) is 32.6 Å². The number of carboxylic acid groups (broad SMARTS) is 2. The van der Waals surface area contributed by atoms with Gasteiger partial charge in [-0.1, -0.05) is 66.8 Å². The number of aryl methyl sites for hydroxylation is 2. The quantitative estimate of drug-likeness (QED) is 0.0203. The van der Waals surface area contributed by atoms with Crippen LogP contribution in [0.25, 0.3) is 0 Å². The SMILES string of the molecule is CC1(C)OC(c2ccco2)CN1C(=O)C(Cl)Cl.CCc1cccc(CC)c1N(COC)C(=O)CCl.C[S+](C)C.O=C(O)CNCP(=O)([O-])O.O=C(O)c1cc(Oc2ccc(C(F)(F)F)cc2Cl)ccc1[N+](=O)[O-]. The number of nitrogens with one attached hydrogen (secondary N) is 1. The Labute approximate surface area is 442 Å². The van der Waals surface area contributed by atoms with E-state index >= 15 is 0 Å². The van der Waals surface area contributed by atoms with Crippen molar-refractivity contribution in [3.05, 3.63) is 116 Å². The van der Waals surface area contributed by atoms with Gasteiger partial charge in [-0.15, -0.1) is 11.6 Å². The number of carbonyl (C=O) groups excluding carboxylic acids is 2. The fourth-order valence-corrected chi connectivity index (χ4v) is 7.05. The number of nitro benzene ring substituents is 1. The molecular weight excluding hydrogens is 1100 g/mol. The average molecular weight is 1150 g/mol. The van der Waals surface area contributed by atoms with Gasteiger partial charge in [-0.25, -0.2) is 4.79 Å². The van der Waals surface area contributed by atoms with Crippen LogP contribution in [0.3, 0.4) is 0 Å². The van der Waals surface area contributed by atoms with Crippen LogP contribution in [0.4, 0.5) is 24.5 Å². The zero-order valence-electron chi connectivity index (χ0n) is 40.6. The summed E-state index contributed by atoms with van der Waals surface area (Å²) < 4.78 is 69.0. The van der Waals surface area contributed by atoms with E-state index in [1.807, 2.05) is 29.6 Å². The number of aromatic carboxylic acids is 1. The Morgan fingerprint density at radius 2 is 1.62 bits per heavy atom. The number of hydrogen-bond donors (Lipinski definition) is 4. The highest BCUT2D eigenvalue weighted by Crippen LogP contribution is 2.39. The van der Waals surface area contributed by atoms with Gasteiger partial charge >= 0.3 is 18.1 Å². The predicted octanol–water partition coefficient (Wildman–Crippen LogP) is 9.12. The van der Waals surface area contributed by atoms with Crippen LogP contribution in [0.2, 0.25) is 5.02 Å². The molecule has 0 spiro atoms. The van der Waals surface area contributed by atoms with Crippen molar-refractivity contribution < 1.29 is 80.5 Å². The topological polar surface area (TPSA) is 272 Å². The molecule has 0 radical (unpaired) electrons. The first-order valence-corrected chi connectivity index (χ1v) is 27.1. The summed E-state index contributed by atoms with van der Waals surface area (Å²) in [5.41, 5.74) is 0.254. The number of alkyl halides is 6. The Hall–Kier alpha value is -4.65. The van der Waals surface area contributed by atoms with Crippen LogP contribution >= 0.6 is 54.0 Å². The number of halogens is 7. The summed E-state index contributed by atoms with van der Waals surface area (Å²) in [6.45, 7) is 7.88. The third-order valence-electron chi connectivity index (χ3n) is 9.12. The van der Waals surface area contributed by atoms with Gasteiger partial charge in [0.15, 0.2) is 4.84 Å².